The Morgan fingerprint density at radius 2 is 1.65 bits per heavy atom. The SMILES string of the molecule is CCOc1ccc(N2C(=O)NC(=O)/C(=C\c3cc(Br)c(Oc4ccc(C(F)(F)F)cc4[N+](=O)[O-])c(OCC)c3)C2=O)cc1. The van der Waals surface area contributed by atoms with Gasteiger partial charge in [-0.15, -0.1) is 0 Å². The predicted molar refractivity (Wildman–Crippen MR) is 150 cm³/mol. The Morgan fingerprint density at radius 1 is 0.977 bits per heavy atom. The lowest BCUT2D eigenvalue weighted by Crippen LogP contribution is -2.54. The molecule has 3 aromatic rings. The first-order chi connectivity index (χ1) is 20.3. The van der Waals surface area contributed by atoms with Gasteiger partial charge in [-0.1, -0.05) is 0 Å². The molecule has 15 heteroatoms. The van der Waals surface area contributed by atoms with Crippen LogP contribution in [-0.2, 0) is 15.8 Å². The van der Waals surface area contributed by atoms with E-state index in [-0.39, 0.29) is 33.8 Å². The summed E-state index contributed by atoms with van der Waals surface area (Å²) in [7, 11) is 0. The standard InChI is InChI=1S/C28H21BrF3N3O8/c1-3-41-18-8-6-17(7-9-18)34-26(37)19(25(36)33-27(34)38)11-15-12-20(29)24(23(13-15)42-4-2)43-22-10-5-16(28(30,31)32)14-21(22)35(39)40/h5-14H,3-4H2,1-2H3,(H,33,36,38)/b19-11+. The third-order valence-electron chi connectivity index (χ3n) is 5.85. The number of carbonyl (C=O) groups is 3. The Balaban J connectivity index is 1.71. The fourth-order valence-corrected chi connectivity index (χ4v) is 4.52. The van der Waals surface area contributed by atoms with Crippen LogP contribution in [0.15, 0.2) is 64.6 Å². The maximum atomic E-state index is 13.3. The van der Waals surface area contributed by atoms with E-state index in [2.05, 4.69) is 21.2 Å². The average Bonchev–Trinajstić information content (AvgIpc) is 2.93. The maximum Gasteiger partial charge on any atom is 0.416 e. The number of nitro benzene ring substituents is 1. The molecule has 0 spiro atoms. The largest absolute Gasteiger partial charge is 0.494 e. The van der Waals surface area contributed by atoms with Gasteiger partial charge in [-0.3, -0.25) is 25.0 Å². The minimum Gasteiger partial charge on any atom is -0.494 e. The van der Waals surface area contributed by atoms with Crippen LogP contribution in [0.5, 0.6) is 23.0 Å². The third-order valence-corrected chi connectivity index (χ3v) is 6.43. The Kier molecular flexibility index (Phi) is 9.04. The number of nitrogens with one attached hydrogen (secondary N) is 1. The molecule has 0 bridgehead atoms. The highest BCUT2D eigenvalue weighted by atomic mass is 79.9. The zero-order valence-corrected chi connectivity index (χ0v) is 23.9. The molecule has 0 unspecified atom stereocenters. The van der Waals surface area contributed by atoms with Crippen LogP contribution in [0, 0.1) is 10.1 Å². The van der Waals surface area contributed by atoms with Gasteiger partial charge in [0.25, 0.3) is 11.8 Å². The lowest BCUT2D eigenvalue weighted by atomic mass is 10.1. The van der Waals surface area contributed by atoms with Gasteiger partial charge in [-0.25, -0.2) is 9.69 Å². The number of barbiturate groups is 1. The molecule has 0 saturated carbocycles. The highest BCUT2D eigenvalue weighted by molar-refractivity contribution is 9.10. The Labute approximate surface area is 250 Å². The number of rotatable bonds is 9. The van der Waals surface area contributed by atoms with Crippen molar-refractivity contribution in [3.63, 3.8) is 0 Å². The summed E-state index contributed by atoms with van der Waals surface area (Å²) in [4.78, 5) is 49.8. The summed E-state index contributed by atoms with van der Waals surface area (Å²) in [5.74, 6) is -1.96. The maximum absolute atomic E-state index is 13.3. The van der Waals surface area contributed by atoms with Gasteiger partial charge in [0.1, 0.15) is 11.3 Å². The van der Waals surface area contributed by atoms with Crippen molar-refractivity contribution < 1.29 is 46.7 Å². The molecule has 0 aliphatic carbocycles. The number of imide groups is 2. The highest BCUT2D eigenvalue weighted by Gasteiger charge is 2.37. The zero-order valence-electron chi connectivity index (χ0n) is 22.4. The number of carbonyl (C=O) groups excluding carboxylic acids is 3. The van der Waals surface area contributed by atoms with Crippen molar-refractivity contribution in [3.05, 3.63) is 85.9 Å². The number of nitrogens with zero attached hydrogens (tertiary/aromatic N) is 2. The van der Waals surface area contributed by atoms with Crippen molar-refractivity contribution in [2.45, 2.75) is 20.0 Å². The Bertz CT molecular complexity index is 1640. The number of amides is 4. The molecule has 1 aliphatic heterocycles. The summed E-state index contributed by atoms with van der Waals surface area (Å²) >= 11 is 3.26. The smallest absolute Gasteiger partial charge is 0.416 e. The molecule has 11 nitrogen and oxygen atoms in total. The minimum absolute atomic E-state index is 0.0129. The fraction of sp³-hybridized carbons (Fsp3) is 0.179. The number of urea groups is 1. The van der Waals surface area contributed by atoms with Gasteiger partial charge < -0.3 is 14.2 Å². The molecule has 0 radical (unpaired) electrons. The van der Waals surface area contributed by atoms with Gasteiger partial charge in [-0.05, 0) is 89.9 Å². The van der Waals surface area contributed by atoms with Gasteiger partial charge in [0, 0.05) is 6.07 Å². The van der Waals surface area contributed by atoms with Gasteiger partial charge in [0.05, 0.1) is 33.9 Å². The molecule has 4 rings (SSSR count). The second kappa shape index (κ2) is 12.5. The van der Waals surface area contributed by atoms with E-state index in [9.17, 15) is 37.7 Å². The second-order valence-corrected chi connectivity index (χ2v) is 9.54. The number of hydrogen-bond donors (Lipinski definition) is 1. The number of alkyl halides is 3. The van der Waals surface area contributed by atoms with E-state index < -0.39 is 51.5 Å². The molecular weight excluding hydrogens is 643 g/mol. The van der Waals surface area contributed by atoms with Crippen LogP contribution in [0.25, 0.3) is 6.08 Å². The summed E-state index contributed by atoms with van der Waals surface area (Å²) in [5.41, 5.74) is -2.15. The fourth-order valence-electron chi connectivity index (χ4n) is 3.98. The first-order valence-corrected chi connectivity index (χ1v) is 13.3. The molecule has 224 valence electrons. The number of nitro groups is 1. The number of halogens is 4. The Morgan fingerprint density at radius 3 is 2.26 bits per heavy atom. The second-order valence-electron chi connectivity index (χ2n) is 8.69. The molecule has 4 amide bonds. The third kappa shape index (κ3) is 6.77. The van der Waals surface area contributed by atoms with E-state index in [0.29, 0.717) is 24.5 Å². The van der Waals surface area contributed by atoms with Crippen LogP contribution in [0.3, 0.4) is 0 Å². The number of benzene rings is 3. The molecule has 43 heavy (non-hydrogen) atoms. The van der Waals surface area contributed by atoms with Crippen molar-refractivity contribution in [1.29, 1.82) is 0 Å². The first-order valence-electron chi connectivity index (χ1n) is 12.5. The van der Waals surface area contributed by atoms with Crippen molar-refractivity contribution in [2.24, 2.45) is 0 Å². The molecular formula is C28H21BrF3N3O8. The molecule has 1 fully saturated rings. The number of ether oxygens (including phenoxy) is 3. The molecule has 0 aromatic heterocycles. The van der Waals surface area contributed by atoms with Crippen LogP contribution < -0.4 is 24.4 Å². The van der Waals surface area contributed by atoms with Crippen molar-refractivity contribution in [3.8, 4) is 23.0 Å². The van der Waals surface area contributed by atoms with Gasteiger partial charge in [0.2, 0.25) is 5.75 Å². The van der Waals surface area contributed by atoms with Crippen LogP contribution in [0.2, 0.25) is 0 Å². The lowest BCUT2D eigenvalue weighted by Gasteiger charge is -2.26. The summed E-state index contributed by atoms with van der Waals surface area (Å²) in [6.45, 7) is 3.91. The van der Waals surface area contributed by atoms with E-state index in [1.165, 1.54) is 30.3 Å². The number of anilines is 1. The van der Waals surface area contributed by atoms with E-state index in [1.54, 1.807) is 26.0 Å². The van der Waals surface area contributed by atoms with Gasteiger partial charge in [0.15, 0.2) is 11.5 Å². The summed E-state index contributed by atoms with van der Waals surface area (Å²) in [6.07, 6.45) is -3.62. The van der Waals surface area contributed by atoms with Gasteiger partial charge >= 0.3 is 17.9 Å². The number of hydrogen-bond acceptors (Lipinski definition) is 8. The minimum atomic E-state index is -4.81. The van der Waals surface area contributed by atoms with Crippen molar-refractivity contribution in [2.75, 3.05) is 18.1 Å². The van der Waals surface area contributed by atoms with Crippen molar-refractivity contribution >= 4 is 51.2 Å². The van der Waals surface area contributed by atoms with E-state index in [1.807, 2.05) is 0 Å². The van der Waals surface area contributed by atoms with Crippen LogP contribution in [0.4, 0.5) is 29.3 Å². The van der Waals surface area contributed by atoms with Crippen molar-refractivity contribution in [1.82, 2.24) is 5.32 Å². The van der Waals surface area contributed by atoms with Crippen LogP contribution >= 0.6 is 15.9 Å². The zero-order chi connectivity index (χ0) is 31.5. The molecule has 1 saturated heterocycles. The molecule has 0 atom stereocenters. The van der Waals surface area contributed by atoms with Crippen LogP contribution in [-0.4, -0.2) is 36.0 Å². The molecule has 1 N–H and O–H groups in total. The molecule has 1 aliphatic rings. The average molecular weight is 664 g/mol. The molecule has 3 aromatic carbocycles. The first kappa shape index (κ1) is 31.0. The predicted octanol–water partition coefficient (Wildman–Crippen LogP) is 6.63. The van der Waals surface area contributed by atoms with E-state index in [4.69, 9.17) is 14.2 Å². The normalized spacial score (nSPS) is 14.5. The summed E-state index contributed by atoms with van der Waals surface area (Å²) in [5, 5.41) is 13.6. The quantitative estimate of drug-likeness (QED) is 0.117. The van der Waals surface area contributed by atoms with Crippen LogP contribution in [0.1, 0.15) is 25.0 Å². The monoisotopic (exact) mass is 663 g/mol. The lowest BCUT2D eigenvalue weighted by molar-refractivity contribution is -0.385. The van der Waals surface area contributed by atoms with E-state index in [0.717, 1.165) is 11.0 Å². The van der Waals surface area contributed by atoms with Gasteiger partial charge in [-0.2, -0.15) is 13.2 Å². The van der Waals surface area contributed by atoms with E-state index >= 15 is 0 Å². The Hall–Kier alpha value is -4.92. The molecule has 1 heterocycles. The summed E-state index contributed by atoms with van der Waals surface area (Å²) in [6, 6.07) is 9.68. The topological polar surface area (TPSA) is 137 Å². The summed E-state index contributed by atoms with van der Waals surface area (Å²) < 4.78 is 56.1. The highest BCUT2D eigenvalue weighted by Crippen LogP contribution is 2.44.